The molecule has 18 heavy (non-hydrogen) atoms. The number of nitrogens with zero attached hydrogens (tertiary/aromatic N) is 2. The molecule has 0 saturated carbocycles. The Morgan fingerprint density at radius 2 is 1.83 bits per heavy atom. The second-order valence-corrected chi connectivity index (χ2v) is 5.38. The minimum Gasteiger partial charge on any atom is -0.333 e. The topological polar surface area (TPSA) is 51.0 Å². The number of benzene rings is 1. The third kappa shape index (κ3) is 3.87. The van der Waals surface area contributed by atoms with Crippen LogP contribution in [-0.4, -0.2) is 15.7 Å². The SMILES string of the molecule is CC(C)(C)Nc1nc(CCc2ccccc2)no1. The molecule has 1 heterocycles. The average molecular weight is 245 g/mol. The monoisotopic (exact) mass is 245 g/mol. The summed E-state index contributed by atoms with van der Waals surface area (Å²) < 4.78 is 5.16. The Kier molecular flexibility index (Phi) is 3.65. The van der Waals surface area contributed by atoms with Crippen molar-refractivity contribution in [2.45, 2.75) is 39.2 Å². The Morgan fingerprint density at radius 1 is 1.11 bits per heavy atom. The van der Waals surface area contributed by atoms with E-state index >= 15 is 0 Å². The third-order valence-corrected chi connectivity index (χ3v) is 2.43. The van der Waals surface area contributed by atoms with Crippen molar-refractivity contribution >= 4 is 6.01 Å². The van der Waals surface area contributed by atoms with Crippen molar-refractivity contribution in [2.24, 2.45) is 0 Å². The first kappa shape index (κ1) is 12.6. The van der Waals surface area contributed by atoms with E-state index in [-0.39, 0.29) is 5.54 Å². The van der Waals surface area contributed by atoms with Crippen molar-refractivity contribution in [1.82, 2.24) is 10.1 Å². The maximum absolute atomic E-state index is 5.16. The smallest absolute Gasteiger partial charge is 0.321 e. The van der Waals surface area contributed by atoms with E-state index in [1.165, 1.54) is 5.56 Å². The first-order valence-corrected chi connectivity index (χ1v) is 6.18. The van der Waals surface area contributed by atoms with E-state index in [9.17, 15) is 0 Å². The first-order valence-electron chi connectivity index (χ1n) is 6.18. The summed E-state index contributed by atoms with van der Waals surface area (Å²) in [6.07, 6.45) is 1.72. The van der Waals surface area contributed by atoms with Crippen LogP contribution in [0, 0.1) is 0 Å². The van der Waals surface area contributed by atoms with Gasteiger partial charge >= 0.3 is 6.01 Å². The summed E-state index contributed by atoms with van der Waals surface area (Å²) in [6.45, 7) is 6.17. The highest BCUT2D eigenvalue weighted by Gasteiger charge is 2.14. The number of hydrogen-bond donors (Lipinski definition) is 1. The summed E-state index contributed by atoms with van der Waals surface area (Å²) in [7, 11) is 0. The number of nitrogens with one attached hydrogen (secondary N) is 1. The van der Waals surface area contributed by atoms with Gasteiger partial charge in [0.15, 0.2) is 5.82 Å². The quantitative estimate of drug-likeness (QED) is 0.899. The van der Waals surface area contributed by atoms with Crippen molar-refractivity contribution in [2.75, 3.05) is 5.32 Å². The van der Waals surface area contributed by atoms with Crippen LogP contribution in [-0.2, 0) is 12.8 Å². The summed E-state index contributed by atoms with van der Waals surface area (Å²) in [5.41, 5.74) is 1.22. The molecule has 1 N–H and O–H groups in total. The van der Waals surface area contributed by atoms with Gasteiger partial charge in [0.05, 0.1) is 0 Å². The Bertz CT molecular complexity index is 485. The second kappa shape index (κ2) is 5.21. The summed E-state index contributed by atoms with van der Waals surface area (Å²) >= 11 is 0. The Hall–Kier alpha value is -1.84. The Balaban J connectivity index is 1.91. The molecule has 2 aromatic rings. The molecular weight excluding hydrogens is 226 g/mol. The molecule has 1 aromatic heterocycles. The summed E-state index contributed by atoms with van der Waals surface area (Å²) in [6, 6.07) is 10.8. The third-order valence-electron chi connectivity index (χ3n) is 2.43. The highest BCUT2D eigenvalue weighted by Crippen LogP contribution is 2.13. The van der Waals surface area contributed by atoms with Crippen molar-refractivity contribution in [1.29, 1.82) is 0 Å². The van der Waals surface area contributed by atoms with Gasteiger partial charge in [-0.05, 0) is 32.8 Å². The van der Waals surface area contributed by atoms with Crippen LogP contribution in [0.25, 0.3) is 0 Å². The zero-order valence-electron chi connectivity index (χ0n) is 11.1. The molecule has 0 amide bonds. The predicted octanol–water partition coefficient (Wildman–Crippen LogP) is 3.07. The van der Waals surface area contributed by atoms with E-state index in [4.69, 9.17) is 4.52 Å². The highest BCUT2D eigenvalue weighted by molar-refractivity contribution is 5.23. The van der Waals surface area contributed by atoms with Crippen LogP contribution in [0.1, 0.15) is 32.2 Å². The molecule has 0 aliphatic heterocycles. The summed E-state index contributed by atoms with van der Waals surface area (Å²) in [5.74, 6) is 0.741. The van der Waals surface area contributed by atoms with Gasteiger partial charge < -0.3 is 9.84 Å². The van der Waals surface area contributed by atoms with Crippen LogP contribution in [0.15, 0.2) is 34.9 Å². The molecular formula is C14H19N3O. The summed E-state index contributed by atoms with van der Waals surface area (Å²) in [5, 5.41) is 7.13. The second-order valence-electron chi connectivity index (χ2n) is 5.38. The van der Waals surface area contributed by atoms with Crippen LogP contribution >= 0.6 is 0 Å². The van der Waals surface area contributed by atoms with Crippen molar-refractivity contribution in [3.63, 3.8) is 0 Å². The number of aryl methyl sites for hydroxylation is 2. The normalized spacial score (nSPS) is 11.5. The minimum atomic E-state index is -0.0662. The molecule has 0 aliphatic rings. The molecule has 0 radical (unpaired) electrons. The van der Waals surface area contributed by atoms with Crippen molar-refractivity contribution < 1.29 is 4.52 Å². The molecule has 0 aliphatic carbocycles. The molecule has 4 heteroatoms. The largest absolute Gasteiger partial charge is 0.333 e. The van der Waals surface area contributed by atoms with Crippen LogP contribution in [0.4, 0.5) is 6.01 Å². The number of anilines is 1. The van der Waals surface area contributed by atoms with Gasteiger partial charge in [0, 0.05) is 12.0 Å². The fourth-order valence-corrected chi connectivity index (χ4v) is 1.63. The fraction of sp³-hybridized carbons (Fsp3) is 0.429. The van der Waals surface area contributed by atoms with Crippen LogP contribution < -0.4 is 5.32 Å². The Labute approximate surface area is 107 Å². The van der Waals surface area contributed by atoms with Gasteiger partial charge in [-0.3, -0.25) is 0 Å². The lowest BCUT2D eigenvalue weighted by Crippen LogP contribution is -2.26. The molecule has 0 fully saturated rings. The molecule has 96 valence electrons. The maximum Gasteiger partial charge on any atom is 0.321 e. The van der Waals surface area contributed by atoms with Crippen molar-refractivity contribution in [3.8, 4) is 0 Å². The van der Waals surface area contributed by atoms with Gasteiger partial charge in [0.2, 0.25) is 0 Å². The molecule has 0 unspecified atom stereocenters. The van der Waals surface area contributed by atoms with Gasteiger partial charge in [-0.2, -0.15) is 4.98 Å². The molecule has 0 bridgehead atoms. The van der Waals surface area contributed by atoms with Gasteiger partial charge in [-0.15, -0.1) is 0 Å². The first-order chi connectivity index (χ1) is 8.53. The van der Waals surface area contributed by atoms with E-state index < -0.39 is 0 Å². The lowest BCUT2D eigenvalue weighted by atomic mass is 10.1. The molecule has 1 aromatic carbocycles. The number of aromatic nitrogens is 2. The standard InChI is InChI=1S/C14H19N3O/c1-14(2,3)16-13-15-12(17-18-13)10-9-11-7-5-4-6-8-11/h4-8H,9-10H2,1-3H3,(H,15,16,17). The van der Waals surface area contributed by atoms with Crippen LogP contribution in [0.5, 0.6) is 0 Å². The van der Waals surface area contributed by atoms with Crippen LogP contribution in [0.3, 0.4) is 0 Å². The average Bonchev–Trinajstić information content (AvgIpc) is 2.73. The van der Waals surface area contributed by atoms with E-state index in [0.29, 0.717) is 6.01 Å². The molecule has 0 atom stereocenters. The lowest BCUT2D eigenvalue weighted by molar-refractivity contribution is 0.412. The highest BCUT2D eigenvalue weighted by atomic mass is 16.5. The van der Waals surface area contributed by atoms with Gasteiger partial charge in [-0.1, -0.05) is 35.5 Å². The zero-order valence-corrected chi connectivity index (χ0v) is 11.1. The van der Waals surface area contributed by atoms with Crippen LogP contribution in [0.2, 0.25) is 0 Å². The number of rotatable bonds is 4. The van der Waals surface area contributed by atoms with Gasteiger partial charge in [-0.25, -0.2) is 0 Å². The zero-order chi connectivity index (χ0) is 13.0. The van der Waals surface area contributed by atoms with E-state index in [1.807, 2.05) is 18.2 Å². The van der Waals surface area contributed by atoms with E-state index in [1.54, 1.807) is 0 Å². The maximum atomic E-state index is 5.16. The van der Waals surface area contributed by atoms with Gasteiger partial charge in [0.1, 0.15) is 0 Å². The van der Waals surface area contributed by atoms with Crippen molar-refractivity contribution in [3.05, 3.63) is 41.7 Å². The van der Waals surface area contributed by atoms with E-state index in [2.05, 4.69) is 48.4 Å². The minimum absolute atomic E-state index is 0.0662. The predicted molar refractivity (Wildman–Crippen MR) is 71.5 cm³/mol. The molecule has 4 nitrogen and oxygen atoms in total. The fourth-order valence-electron chi connectivity index (χ4n) is 1.63. The van der Waals surface area contributed by atoms with E-state index in [0.717, 1.165) is 18.7 Å². The molecule has 0 spiro atoms. The van der Waals surface area contributed by atoms with Gasteiger partial charge in [0.25, 0.3) is 0 Å². The summed E-state index contributed by atoms with van der Waals surface area (Å²) in [4.78, 5) is 4.32. The Morgan fingerprint density at radius 3 is 2.50 bits per heavy atom. The molecule has 0 saturated heterocycles. The number of hydrogen-bond acceptors (Lipinski definition) is 4. The lowest BCUT2D eigenvalue weighted by Gasteiger charge is -2.17. The molecule has 2 rings (SSSR count).